The molecule has 1 aliphatic heterocycles. The summed E-state index contributed by atoms with van der Waals surface area (Å²) in [5, 5.41) is 2.49. The SMILES string of the molecule is NCC1CCN(CC(=O)Nc2cc(F)cc(F)c2)C1. The summed E-state index contributed by atoms with van der Waals surface area (Å²) in [6, 6.07) is 2.95. The Balaban J connectivity index is 1.87. The summed E-state index contributed by atoms with van der Waals surface area (Å²) in [6.45, 7) is 2.45. The first-order valence-electron chi connectivity index (χ1n) is 6.25. The second-order valence-electron chi connectivity index (χ2n) is 4.83. The Morgan fingerprint density at radius 1 is 1.37 bits per heavy atom. The van der Waals surface area contributed by atoms with Crippen LogP contribution in [0.4, 0.5) is 14.5 Å². The monoisotopic (exact) mass is 269 g/mol. The molecule has 2 rings (SSSR count). The summed E-state index contributed by atoms with van der Waals surface area (Å²) in [6.07, 6.45) is 0.984. The molecule has 1 amide bonds. The Hall–Kier alpha value is -1.53. The minimum absolute atomic E-state index is 0.136. The molecule has 0 saturated carbocycles. The van der Waals surface area contributed by atoms with Crippen molar-refractivity contribution in [2.75, 3.05) is 31.5 Å². The minimum atomic E-state index is -0.709. The molecule has 0 aromatic heterocycles. The largest absolute Gasteiger partial charge is 0.330 e. The van der Waals surface area contributed by atoms with E-state index in [0.717, 1.165) is 37.7 Å². The molecule has 1 aliphatic rings. The van der Waals surface area contributed by atoms with Gasteiger partial charge in [0.05, 0.1) is 6.54 Å². The van der Waals surface area contributed by atoms with Gasteiger partial charge in [0.15, 0.2) is 0 Å². The maximum absolute atomic E-state index is 13.0. The van der Waals surface area contributed by atoms with Gasteiger partial charge in [0, 0.05) is 18.3 Å². The first-order valence-corrected chi connectivity index (χ1v) is 6.25. The van der Waals surface area contributed by atoms with Crippen molar-refractivity contribution >= 4 is 11.6 Å². The number of rotatable bonds is 4. The van der Waals surface area contributed by atoms with Crippen molar-refractivity contribution in [2.24, 2.45) is 11.7 Å². The molecule has 19 heavy (non-hydrogen) atoms. The third-order valence-corrected chi connectivity index (χ3v) is 3.22. The number of halogens is 2. The average molecular weight is 269 g/mol. The number of benzene rings is 1. The van der Waals surface area contributed by atoms with Crippen molar-refractivity contribution in [3.63, 3.8) is 0 Å². The number of carbonyl (C=O) groups excluding carboxylic acids is 1. The standard InChI is InChI=1S/C13H17F2N3O/c14-10-3-11(15)5-12(4-10)17-13(19)8-18-2-1-9(6-16)7-18/h3-5,9H,1-2,6-8,16H2,(H,17,19). The zero-order valence-electron chi connectivity index (χ0n) is 10.5. The molecule has 0 spiro atoms. The fraction of sp³-hybridized carbons (Fsp3) is 0.462. The first kappa shape index (κ1) is 13.9. The van der Waals surface area contributed by atoms with E-state index in [1.54, 1.807) is 0 Å². The zero-order valence-corrected chi connectivity index (χ0v) is 10.5. The molecule has 3 N–H and O–H groups in total. The number of nitrogens with zero attached hydrogens (tertiary/aromatic N) is 1. The van der Waals surface area contributed by atoms with E-state index in [0.29, 0.717) is 12.5 Å². The molecular formula is C13H17F2N3O. The lowest BCUT2D eigenvalue weighted by molar-refractivity contribution is -0.117. The number of hydrogen-bond donors (Lipinski definition) is 2. The van der Waals surface area contributed by atoms with Crippen LogP contribution in [-0.4, -0.2) is 37.0 Å². The molecule has 0 aliphatic carbocycles. The molecule has 6 heteroatoms. The van der Waals surface area contributed by atoms with Crippen molar-refractivity contribution in [3.8, 4) is 0 Å². The van der Waals surface area contributed by atoms with Crippen LogP contribution in [0.1, 0.15) is 6.42 Å². The smallest absolute Gasteiger partial charge is 0.238 e. The van der Waals surface area contributed by atoms with E-state index in [1.807, 2.05) is 4.90 Å². The second kappa shape index (κ2) is 6.08. The van der Waals surface area contributed by atoms with Gasteiger partial charge in [-0.3, -0.25) is 9.69 Å². The fourth-order valence-corrected chi connectivity index (χ4v) is 2.28. The molecule has 1 unspecified atom stereocenters. The van der Waals surface area contributed by atoms with Gasteiger partial charge in [-0.25, -0.2) is 8.78 Å². The molecule has 1 fully saturated rings. The van der Waals surface area contributed by atoms with Gasteiger partial charge in [-0.2, -0.15) is 0 Å². The van der Waals surface area contributed by atoms with Gasteiger partial charge < -0.3 is 11.1 Å². The first-order chi connectivity index (χ1) is 9.06. The van der Waals surface area contributed by atoms with E-state index >= 15 is 0 Å². The molecule has 1 heterocycles. The van der Waals surface area contributed by atoms with E-state index in [1.165, 1.54) is 0 Å². The number of likely N-dealkylation sites (tertiary alicyclic amines) is 1. The highest BCUT2D eigenvalue weighted by atomic mass is 19.1. The van der Waals surface area contributed by atoms with Crippen LogP contribution < -0.4 is 11.1 Å². The minimum Gasteiger partial charge on any atom is -0.330 e. The van der Waals surface area contributed by atoms with Crippen LogP contribution in [0.25, 0.3) is 0 Å². The number of nitrogens with one attached hydrogen (secondary N) is 1. The summed E-state index contributed by atoms with van der Waals surface area (Å²) >= 11 is 0. The number of hydrogen-bond acceptors (Lipinski definition) is 3. The third-order valence-electron chi connectivity index (χ3n) is 3.22. The van der Waals surface area contributed by atoms with Crippen LogP contribution in [0.2, 0.25) is 0 Å². The second-order valence-corrected chi connectivity index (χ2v) is 4.83. The van der Waals surface area contributed by atoms with Gasteiger partial charge in [0.1, 0.15) is 11.6 Å². The van der Waals surface area contributed by atoms with Crippen LogP contribution >= 0.6 is 0 Å². The average Bonchev–Trinajstić information content (AvgIpc) is 2.74. The Morgan fingerprint density at radius 2 is 2.05 bits per heavy atom. The van der Waals surface area contributed by atoms with Crippen LogP contribution in [-0.2, 0) is 4.79 Å². The molecule has 1 aromatic carbocycles. The quantitative estimate of drug-likeness (QED) is 0.863. The van der Waals surface area contributed by atoms with Crippen LogP contribution in [0.5, 0.6) is 0 Å². The lowest BCUT2D eigenvalue weighted by Gasteiger charge is -2.15. The molecular weight excluding hydrogens is 252 g/mol. The highest BCUT2D eigenvalue weighted by Gasteiger charge is 2.22. The van der Waals surface area contributed by atoms with Crippen molar-refractivity contribution < 1.29 is 13.6 Å². The summed E-state index contributed by atoms with van der Waals surface area (Å²) < 4.78 is 25.9. The Bertz CT molecular complexity index is 447. The maximum atomic E-state index is 13.0. The van der Waals surface area contributed by atoms with E-state index in [2.05, 4.69) is 5.32 Å². The van der Waals surface area contributed by atoms with E-state index in [4.69, 9.17) is 5.73 Å². The van der Waals surface area contributed by atoms with Gasteiger partial charge in [-0.15, -0.1) is 0 Å². The van der Waals surface area contributed by atoms with Crippen molar-refractivity contribution in [1.82, 2.24) is 4.90 Å². The van der Waals surface area contributed by atoms with Gasteiger partial charge in [0.2, 0.25) is 5.91 Å². The third kappa shape index (κ3) is 3.97. The van der Waals surface area contributed by atoms with E-state index in [9.17, 15) is 13.6 Å². The molecule has 4 nitrogen and oxygen atoms in total. The number of anilines is 1. The summed E-state index contributed by atoms with van der Waals surface area (Å²) in [5.74, 6) is -1.26. The van der Waals surface area contributed by atoms with Gasteiger partial charge in [-0.05, 0) is 37.6 Å². The van der Waals surface area contributed by atoms with Gasteiger partial charge in [-0.1, -0.05) is 0 Å². The summed E-state index contributed by atoms with van der Waals surface area (Å²) in [7, 11) is 0. The molecule has 104 valence electrons. The van der Waals surface area contributed by atoms with Crippen molar-refractivity contribution in [2.45, 2.75) is 6.42 Å². The van der Waals surface area contributed by atoms with Gasteiger partial charge >= 0.3 is 0 Å². The van der Waals surface area contributed by atoms with E-state index < -0.39 is 11.6 Å². The highest BCUT2D eigenvalue weighted by molar-refractivity contribution is 5.92. The maximum Gasteiger partial charge on any atom is 0.238 e. The van der Waals surface area contributed by atoms with Crippen LogP contribution in [0.15, 0.2) is 18.2 Å². The van der Waals surface area contributed by atoms with Crippen molar-refractivity contribution in [3.05, 3.63) is 29.8 Å². The van der Waals surface area contributed by atoms with Gasteiger partial charge in [0.25, 0.3) is 0 Å². The molecule has 1 aromatic rings. The zero-order chi connectivity index (χ0) is 13.8. The number of carbonyl (C=O) groups is 1. The van der Waals surface area contributed by atoms with Crippen LogP contribution in [0.3, 0.4) is 0 Å². The lowest BCUT2D eigenvalue weighted by Crippen LogP contribution is -2.32. The predicted octanol–water partition coefficient (Wildman–Crippen LogP) is 1.18. The molecule has 0 radical (unpaired) electrons. The number of nitrogens with two attached hydrogens (primary N) is 1. The lowest BCUT2D eigenvalue weighted by atomic mass is 10.1. The Morgan fingerprint density at radius 3 is 2.63 bits per heavy atom. The number of amides is 1. The molecule has 0 bridgehead atoms. The Labute approximate surface area is 110 Å². The normalized spacial score (nSPS) is 19.6. The van der Waals surface area contributed by atoms with Crippen LogP contribution in [0, 0.1) is 17.6 Å². The molecule has 1 atom stereocenters. The van der Waals surface area contributed by atoms with E-state index in [-0.39, 0.29) is 18.1 Å². The predicted molar refractivity (Wildman–Crippen MR) is 68.6 cm³/mol. The van der Waals surface area contributed by atoms with Crippen molar-refractivity contribution in [1.29, 1.82) is 0 Å². The highest BCUT2D eigenvalue weighted by Crippen LogP contribution is 2.15. The summed E-state index contributed by atoms with van der Waals surface area (Å²) in [4.78, 5) is 13.7. The topological polar surface area (TPSA) is 58.4 Å². The molecule has 1 saturated heterocycles. The summed E-state index contributed by atoms with van der Waals surface area (Å²) in [5.41, 5.74) is 5.71. The Kier molecular flexibility index (Phi) is 4.44. The fourth-order valence-electron chi connectivity index (χ4n) is 2.28.